The first-order valence-corrected chi connectivity index (χ1v) is 7.66. The van der Waals surface area contributed by atoms with E-state index in [1.165, 1.54) is 6.08 Å². The highest BCUT2D eigenvalue weighted by Crippen LogP contribution is 2.23. The Kier molecular flexibility index (Phi) is 4.19. The fourth-order valence-electron chi connectivity index (χ4n) is 3.03. The number of rotatable bonds is 6. The highest BCUT2D eigenvalue weighted by atomic mass is 16.5. The van der Waals surface area contributed by atoms with Crippen LogP contribution in [0.15, 0.2) is 43.1 Å². The van der Waals surface area contributed by atoms with E-state index in [-0.39, 0.29) is 17.6 Å². The standard InChI is InChI=1S/C18H20N2O3/c1-3-18(22)20-10-13(11-20)8-15(21)12-19-7-6-14-9-16(23-2)4-5-17(14)19/h3-7,9,13H,1,8,10-12H2,2H3. The molecule has 23 heavy (non-hydrogen) atoms. The molecule has 5 heteroatoms. The molecule has 0 unspecified atom stereocenters. The predicted molar refractivity (Wildman–Crippen MR) is 88.4 cm³/mol. The third-order valence-electron chi connectivity index (χ3n) is 4.28. The van der Waals surface area contributed by atoms with Crippen LogP contribution in [-0.4, -0.2) is 41.4 Å². The van der Waals surface area contributed by atoms with Gasteiger partial charge in [-0.3, -0.25) is 9.59 Å². The van der Waals surface area contributed by atoms with Gasteiger partial charge in [-0.15, -0.1) is 0 Å². The van der Waals surface area contributed by atoms with Gasteiger partial charge in [0.1, 0.15) is 5.75 Å². The van der Waals surface area contributed by atoms with E-state index in [1.807, 2.05) is 35.0 Å². The van der Waals surface area contributed by atoms with Gasteiger partial charge in [0.2, 0.25) is 5.91 Å². The number of amides is 1. The number of hydrogen-bond acceptors (Lipinski definition) is 3. The van der Waals surface area contributed by atoms with Gasteiger partial charge in [-0.05, 0) is 30.3 Å². The van der Waals surface area contributed by atoms with Crippen LogP contribution in [0.3, 0.4) is 0 Å². The number of carbonyl (C=O) groups excluding carboxylic acids is 2. The Hall–Kier alpha value is -2.56. The number of aromatic nitrogens is 1. The molecule has 2 aromatic rings. The van der Waals surface area contributed by atoms with E-state index in [9.17, 15) is 9.59 Å². The van der Waals surface area contributed by atoms with Crippen LogP contribution in [0.25, 0.3) is 10.9 Å². The van der Waals surface area contributed by atoms with E-state index in [4.69, 9.17) is 4.74 Å². The van der Waals surface area contributed by atoms with Crippen LogP contribution in [0.2, 0.25) is 0 Å². The molecular formula is C18H20N2O3. The molecule has 1 saturated heterocycles. The average molecular weight is 312 g/mol. The zero-order chi connectivity index (χ0) is 16.4. The summed E-state index contributed by atoms with van der Waals surface area (Å²) in [5.74, 6) is 1.21. The van der Waals surface area contributed by atoms with Crippen molar-refractivity contribution in [3.05, 3.63) is 43.1 Å². The van der Waals surface area contributed by atoms with Gasteiger partial charge in [-0.1, -0.05) is 6.58 Å². The van der Waals surface area contributed by atoms with E-state index < -0.39 is 0 Å². The summed E-state index contributed by atoms with van der Waals surface area (Å²) in [5.41, 5.74) is 1.02. The van der Waals surface area contributed by atoms with Gasteiger partial charge in [-0.25, -0.2) is 0 Å². The first-order chi connectivity index (χ1) is 11.1. The molecule has 0 aliphatic carbocycles. The summed E-state index contributed by atoms with van der Waals surface area (Å²) in [6.45, 7) is 5.14. The zero-order valence-electron chi connectivity index (χ0n) is 13.2. The molecule has 0 saturated carbocycles. The minimum Gasteiger partial charge on any atom is -0.497 e. The lowest BCUT2D eigenvalue weighted by Crippen LogP contribution is -2.50. The maximum Gasteiger partial charge on any atom is 0.245 e. The van der Waals surface area contributed by atoms with Crippen LogP contribution >= 0.6 is 0 Å². The molecule has 0 N–H and O–H groups in total. The fourth-order valence-corrected chi connectivity index (χ4v) is 3.03. The van der Waals surface area contributed by atoms with Crippen LogP contribution in [0.1, 0.15) is 6.42 Å². The summed E-state index contributed by atoms with van der Waals surface area (Å²) in [4.78, 5) is 25.4. The second-order valence-corrected chi connectivity index (χ2v) is 5.92. The summed E-state index contributed by atoms with van der Waals surface area (Å²) in [6.07, 6.45) is 3.76. The second kappa shape index (κ2) is 6.28. The van der Waals surface area contributed by atoms with E-state index in [0.717, 1.165) is 16.7 Å². The highest BCUT2D eigenvalue weighted by molar-refractivity contribution is 5.88. The topological polar surface area (TPSA) is 51.5 Å². The summed E-state index contributed by atoms with van der Waals surface area (Å²) >= 11 is 0. The molecule has 1 aliphatic rings. The molecule has 1 aromatic carbocycles. The van der Waals surface area contributed by atoms with Crippen LogP contribution in [0.4, 0.5) is 0 Å². The van der Waals surface area contributed by atoms with Gasteiger partial charge in [0, 0.05) is 42.5 Å². The van der Waals surface area contributed by atoms with Crippen molar-refractivity contribution in [1.29, 1.82) is 0 Å². The van der Waals surface area contributed by atoms with Gasteiger partial charge >= 0.3 is 0 Å². The van der Waals surface area contributed by atoms with Crippen LogP contribution < -0.4 is 4.74 Å². The lowest BCUT2D eigenvalue weighted by atomic mass is 9.94. The Bertz CT molecular complexity index is 757. The molecule has 0 atom stereocenters. The lowest BCUT2D eigenvalue weighted by Gasteiger charge is -2.38. The van der Waals surface area contributed by atoms with Crippen molar-refractivity contribution in [3.63, 3.8) is 0 Å². The van der Waals surface area contributed by atoms with Crippen molar-refractivity contribution >= 4 is 22.6 Å². The molecule has 1 fully saturated rings. The van der Waals surface area contributed by atoms with Crippen molar-refractivity contribution in [2.75, 3.05) is 20.2 Å². The number of hydrogen-bond donors (Lipinski definition) is 0. The smallest absolute Gasteiger partial charge is 0.245 e. The minimum atomic E-state index is -0.0564. The maximum absolute atomic E-state index is 12.3. The zero-order valence-corrected chi connectivity index (χ0v) is 13.2. The van der Waals surface area contributed by atoms with E-state index in [0.29, 0.717) is 26.1 Å². The number of likely N-dealkylation sites (tertiary alicyclic amines) is 1. The number of methoxy groups -OCH3 is 1. The first kappa shape index (κ1) is 15.3. The molecule has 2 heterocycles. The number of fused-ring (bicyclic) bond motifs is 1. The molecule has 1 aromatic heterocycles. The Morgan fingerprint density at radius 3 is 2.83 bits per heavy atom. The summed E-state index contributed by atoms with van der Waals surface area (Å²) in [5, 5.41) is 1.06. The van der Waals surface area contributed by atoms with Crippen LogP contribution in [0.5, 0.6) is 5.75 Å². The lowest BCUT2D eigenvalue weighted by molar-refractivity contribution is -0.134. The number of ketones is 1. The van der Waals surface area contributed by atoms with Crippen LogP contribution in [0, 0.1) is 5.92 Å². The molecule has 120 valence electrons. The molecule has 0 spiro atoms. The highest BCUT2D eigenvalue weighted by Gasteiger charge is 2.30. The second-order valence-electron chi connectivity index (χ2n) is 5.92. The molecule has 5 nitrogen and oxygen atoms in total. The SMILES string of the molecule is C=CC(=O)N1CC(CC(=O)Cn2ccc3cc(OC)ccc32)C1. The molecule has 3 rings (SSSR count). The van der Waals surface area contributed by atoms with E-state index in [2.05, 4.69) is 6.58 Å². The van der Waals surface area contributed by atoms with Gasteiger partial charge in [0.15, 0.2) is 5.78 Å². The Labute approximate surface area is 135 Å². The third-order valence-corrected chi connectivity index (χ3v) is 4.28. The molecule has 1 aliphatic heterocycles. The summed E-state index contributed by atoms with van der Waals surface area (Å²) < 4.78 is 7.17. The van der Waals surface area contributed by atoms with Gasteiger partial charge < -0.3 is 14.2 Å². The number of benzene rings is 1. The molecular weight excluding hydrogens is 292 g/mol. The van der Waals surface area contributed by atoms with Crippen LogP contribution in [-0.2, 0) is 16.1 Å². The van der Waals surface area contributed by atoms with Crippen molar-refractivity contribution in [3.8, 4) is 5.75 Å². The van der Waals surface area contributed by atoms with Crippen molar-refractivity contribution in [2.45, 2.75) is 13.0 Å². The predicted octanol–water partition coefficient (Wildman–Crippen LogP) is 2.25. The number of ether oxygens (including phenoxy) is 1. The van der Waals surface area contributed by atoms with Crippen molar-refractivity contribution in [2.24, 2.45) is 5.92 Å². The number of Topliss-reactive ketones (excluding diaryl/α,β-unsaturated/α-hetero) is 1. The molecule has 1 amide bonds. The maximum atomic E-state index is 12.3. The normalized spacial score (nSPS) is 14.6. The Morgan fingerprint density at radius 1 is 1.35 bits per heavy atom. The quantitative estimate of drug-likeness (QED) is 0.769. The number of nitrogens with zero attached hydrogens (tertiary/aromatic N) is 2. The van der Waals surface area contributed by atoms with E-state index in [1.54, 1.807) is 12.0 Å². The van der Waals surface area contributed by atoms with Crippen molar-refractivity contribution < 1.29 is 14.3 Å². The van der Waals surface area contributed by atoms with Crippen molar-refractivity contribution in [1.82, 2.24) is 9.47 Å². The monoisotopic (exact) mass is 312 g/mol. The average Bonchev–Trinajstić information content (AvgIpc) is 2.91. The third kappa shape index (κ3) is 3.13. The number of carbonyl (C=O) groups is 2. The van der Waals surface area contributed by atoms with Gasteiger partial charge in [-0.2, -0.15) is 0 Å². The molecule has 0 radical (unpaired) electrons. The van der Waals surface area contributed by atoms with Gasteiger partial charge in [0.05, 0.1) is 13.7 Å². The Balaban J connectivity index is 1.59. The molecule has 0 bridgehead atoms. The van der Waals surface area contributed by atoms with E-state index >= 15 is 0 Å². The first-order valence-electron chi connectivity index (χ1n) is 7.66. The van der Waals surface area contributed by atoms with Gasteiger partial charge in [0.25, 0.3) is 0 Å². The summed E-state index contributed by atoms with van der Waals surface area (Å²) in [6, 6.07) is 7.81. The Morgan fingerprint density at radius 2 is 2.13 bits per heavy atom. The summed E-state index contributed by atoms with van der Waals surface area (Å²) in [7, 11) is 1.64. The largest absolute Gasteiger partial charge is 0.497 e. The fraction of sp³-hybridized carbons (Fsp3) is 0.333. The minimum absolute atomic E-state index is 0.0564.